The summed E-state index contributed by atoms with van der Waals surface area (Å²) in [7, 11) is 0. The SMILES string of the molecule is CCC(Br)c1nnc(-c2cc(Br)ccc2F)s1. The van der Waals surface area contributed by atoms with Crippen LogP contribution < -0.4 is 0 Å². The van der Waals surface area contributed by atoms with Crippen molar-refractivity contribution in [1.82, 2.24) is 10.2 Å². The third kappa shape index (κ3) is 2.92. The first-order valence-corrected chi connectivity index (χ1v) is 7.57. The molecule has 1 aromatic carbocycles. The van der Waals surface area contributed by atoms with E-state index in [1.54, 1.807) is 12.1 Å². The molecule has 1 aromatic heterocycles. The minimum Gasteiger partial charge on any atom is -0.206 e. The summed E-state index contributed by atoms with van der Waals surface area (Å²) in [4.78, 5) is 0.184. The molecular weight excluding hydrogens is 371 g/mol. The smallest absolute Gasteiger partial charge is 0.150 e. The Morgan fingerprint density at radius 3 is 2.88 bits per heavy atom. The zero-order valence-corrected chi connectivity index (χ0v) is 12.9. The number of nitrogens with zero attached hydrogens (tertiary/aromatic N) is 2. The fraction of sp³-hybridized carbons (Fsp3) is 0.273. The second-order valence-electron chi connectivity index (χ2n) is 3.45. The number of hydrogen-bond acceptors (Lipinski definition) is 3. The van der Waals surface area contributed by atoms with Gasteiger partial charge in [-0.05, 0) is 24.6 Å². The van der Waals surface area contributed by atoms with Crippen molar-refractivity contribution in [3.05, 3.63) is 33.5 Å². The van der Waals surface area contributed by atoms with Crippen molar-refractivity contribution in [2.75, 3.05) is 0 Å². The summed E-state index contributed by atoms with van der Waals surface area (Å²) in [5.74, 6) is -0.279. The number of halogens is 3. The zero-order chi connectivity index (χ0) is 12.4. The molecule has 0 fully saturated rings. The van der Waals surface area contributed by atoms with Crippen molar-refractivity contribution in [2.24, 2.45) is 0 Å². The van der Waals surface area contributed by atoms with Crippen molar-refractivity contribution in [3.63, 3.8) is 0 Å². The highest BCUT2D eigenvalue weighted by molar-refractivity contribution is 9.10. The lowest BCUT2D eigenvalue weighted by atomic mass is 10.2. The molecule has 0 N–H and O–H groups in total. The molecule has 90 valence electrons. The summed E-state index contributed by atoms with van der Waals surface area (Å²) in [6.45, 7) is 2.06. The summed E-state index contributed by atoms with van der Waals surface area (Å²) < 4.78 is 14.5. The molecule has 6 heteroatoms. The Kier molecular flexibility index (Phi) is 4.27. The number of aromatic nitrogens is 2. The molecule has 2 nitrogen and oxygen atoms in total. The molecule has 0 amide bonds. The molecule has 0 aliphatic heterocycles. The minimum absolute atomic E-state index is 0.184. The van der Waals surface area contributed by atoms with Gasteiger partial charge in [0.15, 0.2) is 5.01 Å². The summed E-state index contributed by atoms with van der Waals surface area (Å²) in [6.07, 6.45) is 0.926. The van der Waals surface area contributed by atoms with Crippen molar-refractivity contribution >= 4 is 43.2 Å². The lowest BCUT2D eigenvalue weighted by molar-refractivity contribution is 0.630. The van der Waals surface area contributed by atoms with E-state index < -0.39 is 0 Å². The van der Waals surface area contributed by atoms with Crippen LogP contribution in [0.5, 0.6) is 0 Å². The van der Waals surface area contributed by atoms with E-state index in [0.29, 0.717) is 10.6 Å². The molecule has 0 bridgehead atoms. The zero-order valence-electron chi connectivity index (χ0n) is 8.95. The lowest BCUT2D eigenvalue weighted by Gasteiger charge is -1.99. The molecule has 0 spiro atoms. The lowest BCUT2D eigenvalue weighted by Crippen LogP contribution is -1.85. The number of alkyl halides is 1. The molecule has 1 unspecified atom stereocenters. The molecule has 0 saturated heterocycles. The molecule has 1 heterocycles. The largest absolute Gasteiger partial charge is 0.206 e. The normalized spacial score (nSPS) is 12.7. The van der Waals surface area contributed by atoms with Gasteiger partial charge in [0.2, 0.25) is 0 Å². The van der Waals surface area contributed by atoms with Gasteiger partial charge >= 0.3 is 0 Å². The molecule has 0 aliphatic carbocycles. The topological polar surface area (TPSA) is 25.8 Å². The Bertz CT molecular complexity index is 530. The quantitative estimate of drug-likeness (QED) is 0.705. The van der Waals surface area contributed by atoms with E-state index in [9.17, 15) is 4.39 Å². The van der Waals surface area contributed by atoms with Crippen molar-refractivity contribution in [2.45, 2.75) is 18.2 Å². The molecule has 2 aromatic rings. The van der Waals surface area contributed by atoms with Gasteiger partial charge in [-0.25, -0.2) is 4.39 Å². The fourth-order valence-corrected chi connectivity index (χ4v) is 2.96. The van der Waals surface area contributed by atoms with E-state index >= 15 is 0 Å². The highest BCUT2D eigenvalue weighted by Crippen LogP contribution is 2.34. The minimum atomic E-state index is -0.279. The molecule has 2 rings (SSSR count). The average molecular weight is 380 g/mol. The van der Waals surface area contributed by atoms with Gasteiger partial charge in [0.1, 0.15) is 10.8 Å². The van der Waals surface area contributed by atoms with E-state index in [0.717, 1.165) is 15.9 Å². The standard InChI is InChI=1S/C11H9Br2FN2S/c1-2-8(13)11-16-15-10(17-11)7-5-6(12)3-4-9(7)14/h3-5,8H,2H2,1H3. The first-order valence-electron chi connectivity index (χ1n) is 5.04. The maximum absolute atomic E-state index is 13.7. The van der Waals surface area contributed by atoms with Gasteiger partial charge in [-0.3, -0.25) is 0 Å². The van der Waals surface area contributed by atoms with Crippen LogP contribution in [0.25, 0.3) is 10.6 Å². The van der Waals surface area contributed by atoms with Gasteiger partial charge < -0.3 is 0 Å². The van der Waals surface area contributed by atoms with Crippen LogP contribution in [0.4, 0.5) is 4.39 Å². The Balaban J connectivity index is 2.40. The van der Waals surface area contributed by atoms with Crippen molar-refractivity contribution in [3.8, 4) is 10.6 Å². The van der Waals surface area contributed by atoms with Crippen LogP contribution >= 0.6 is 43.2 Å². The molecule has 1 atom stereocenters. The van der Waals surface area contributed by atoms with Crippen molar-refractivity contribution < 1.29 is 4.39 Å². The second kappa shape index (κ2) is 5.54. The predicted molar refractivity (Wildman–Crippen MR) is 75.0 cm³/mol. The first kappa shape index (κ1) is 13.1. The van der Waals surface area contributed by atoms with Gasteiger partial charge in [0.25, 0.3) is 0 Å². The van der Waals surface area contributed by atoms with E-state index in [1.807, 2.05) is 0 Å². The van der Waals surface area contributed by atoms with Crippen LogP contribution in [0.2, 0.25) is 0 Å². The second-order valence-corrected chi connectivity index (χ2v) is 6.48. The molecule has 0 radical (unpaired) electrons. The van der Waals surface area contributed by atoms with E-state index in [4.69, 9.17) is 0 Å². The van der Waals surface area contributed by atoms with Crippen LogP contribution in [-0.4, -0.2) is 10.2 Å². The highest BCUT2D eigenvalue weighted by atomic mass is 79.9. The van der Waals surface area contributed by atoms with Gasteiger partial charge in [-0.1, -0.05) is 50.1 Å². The highest BCUT2D eigenvalue weighted by Gasteiger charge is 2.15. The summed E-state index contributed by atoms with van der Waals surface area (Å²) >= 11 is 8.24. The van der Waals surface area contributed by atoms with Crippen LogP contribution in [0.3, 0.4) is 0 Å². The fourth-order valence-electron chi connectivity index (χ4n) is 1.31. The average Bonchev–Trinajstić information content (AvgIpc) is 2.80. The summed E-state index contributed by atoms with van der Waals surface area (Å²) in [5.41, 5.74) is 0.485. The van der Waals surface area contributed by atoms with Gasteiger partial charge in [-0.15, -0.1) is 10.2 Å². The van der Waals surface area contributed by atoms with Crippen LogP contribution in [0.1, 0.15) is 23.2 Å². The van der Waals surface area contributed by atoms with E-state index in [-0.39, 0.29) is 10.6 Å². The Labute approximate surface area is 120 Å². The number of rotatable bonds is 3. The van der Waals surface area contributed by atoms with Crippen LogP contribution in [0, 0.1) is 5.82 Å². The van der Waals surface area contributed by atoms with Crippen LogP contribution in [0.15, 0.2) is 22.7 Å². The molecule has 0 aliphatic rings. The molecule has 17 heavy (non-hydrogen) atoms. The Hall–Kier alpha value is -0.330. The van der Waals surface area contributed by atoms with E-state index in [1.165, 1.54) is 17.4 Å². The van der Waals surface area contributed by atoms with Gasteiger partial charge in [0, 0.05) is 10.0 Å². The van der Waals surface area contributed by atoms with Gasteiger partial charge in [-0.2, -0.15) is 0 Å². The Morgan fingerprint density at radius 1 is 1.41 bits per heavy atom. The molecule has 0 saturated carbocycles. The third-order valence-electron chi connectivity index (χ3n) is 2.23. The molecular formula is C11H9Br2FN2S. The maximum atomic E-state index is 13.7. The summed E-state index contributed by atoms with van der Waals surface area (Å²) in [6, 6.07) is 4.81. The summed E-state index contributed by atoms with van der Waals surface area (Å²) in [5, 5.41) is 9.59. The maximum Gasteiger partial charge on any atom is 0.150 e. The van der Waals surface area contributed by atoms with Crippen LogP contribution in [-0.2, 0) is 0 Å². The monoisotopic (exact) mass is 378 g/mol. The predicted octanol–water partition coefficient (Wildman–Crippen LogP) is 4.95. The first-order chi connectivity index (χ1) is 8.11. The van der Waals surface area contributed by atoms with Crippen molar-refractivity contribution in [1.29, 1.82) is 0 Å². The Morgan fingerprint density at radius 2 is 2.18 bits per heavy atom. The number of benzene rings is 1. The number of hydrogen-bond donors (Lipinski definition) is 0. The van der Waals surface area contributed by atoms with E-state index in [2.05, 4.69) is 49.0 Å². The third-order valence-corrected chi connectivity index (χ3v) is 5.17. The van der Waals surface area contributed by atoms with Gasteiger partial charge in [0.05, 0.1) is 4.83 Å².